The lowest BCUT2D eigenvalue weighted by Crippen LogP contribution is -2.04. The second-order valence-electron chi connectivity index (χ2n) is 1.87. The predicted molar refractivity (Wildman–Crippen MR) is 35.4 cm³/mol. The van der Waals surface area contributed by atoms with Crippen molar-refractivity contribution in [1.29, 1.82) is 5.26 Å². The molecule has 1 aliphatic rings. The van der Waals surface area contributed by atoms with Gasteiger partial charge in [0.05, 0.1) is 12.0 Å². The molecular formula is C6H8NS. The first-order valence-electron chi connectivity index (χ1n) is 2.76. The van der Waals surface area contributed by atoms with E-state index in [1.165, 1.54) is 12.2 Å². The molecule has 0 amide bonds. The largest absolute Gasteiger partial charge is 0.198 e. The Morgan fingerprint density at radius 2 is 2.50 bits per heavy atom. The van der Waals surface area contributed by atoms with Gasteiger partial charge >= 0.3 is 0 Å². The molecule has 1 rings (SSSR count). The molecule has 0 atom stereocenters. The van der Waals surface area contributed by atoms with Crippen molar-refractivity contribution in [3.63, 3.8) is 0 Å². The Kier molecular flexibility index (Phi) is 2.23. The monoisotopic (exact) mass is 126 g/mol. The molecule has 1 radical (unpaired) electrons. The van der Waals surface area contributed by atoms with E-state index < -0.39 is 0 Å². The van der Waals surface area contributed by atoms with E-state index in [-0.39, 0.29) is 0 Å². The van der Waals surface area contributed by atoms with Crippen LogP contribution in [0.1, 0.15) is 12.8 Å². The van der Waals surface area contributed by atoms with Crippen LogP contribution in [0.25, 0.3) is 0 Å². The van der Waals surface area contributed by atoms with Crippen molar-refractivity contribution in [2.75, 3.05) is 11.5 Å². The summed E-state index contributed by atoms with van der Waals surface area (Å²) < 4.78 is 0. The quantitative estimate of drug-likeness (QED) is 0.492. The van der Waals surface area contributed by atoms with Gasteiger partial charge in [-0.25, -0.2) is 0 Å². The van der Waals surface area contributed by atoms with E-state index in [4.69, 9.17) is 5.26 Å². The summed E-state index contributed by atoms with van der Waals surface area (Å²) in [6.07, 6.45) is 2.25. The minimum atomic E-state index is 0.983. The predicted octanol–water partition coefficient (Wildman–Crippen LogP) is 1.61. The smallest absolute Gasteiger partial charge is 0.0858 e. The molecule has 1 heterocycles. The average Bonchev–Trinajstić information content (AvgIpc) is 1.90. The molecule has 0 saturated carbocycles. The SMILES string of the molecule is N#C[C]1CCCSC1. The van der Waals surface area contributed by atoms with Crippen molar-refractivity contribution >= 4 is 11.8 Å². The Balaban J connectivity index is 2.25. The first-order valence-corrected chi connectivity index (χ1v) is 3.91. The van der Waals surface area contributed by atoms with Gasteiger partial charge < -0.3 is 0 Å². The molecule has 2 heteroatoms. The summed E-state index contributed by atoms with van der Waals surface area (Å²) in [5, 5.41) is 8.39. The van der Waals surface area contributed by atoms with Crippen LogP contribution >= 0.6 is 11.8 Å². The fourth-order valence-electron chi connectivity index (χ4n) is 0.743. The molecule has 0 spiro atoms. The molecule has 0 aliphatic carbocycles. The number of nitrogens with zero attached hydrogens (tertiary/aromatic N) is 1. The van der Waals surface area contributed by atoms with E-state index in [2.05, 4.69) is 6.07 Å². The van der Waals surface area contributed by atoms with Crippen LogP contribution < -0.4 is 0 Å². The van der Waals surface area contributed by atoms with E-state index in [0.717, 1.165) is 18.1 Å². The molecular weight excluding hydrogens is 118 g/mol. The van der Waals surface area contributed by atoms with Gasteiger partial charge in [-0.3, -0.25) is 0 Å². The van der Waals surface area contributed by atoms with Crippen LogP contribution in [-0.4, -0.2) is 11.5 Å². The van der Waals surface area contributed by atoms with Crippen LogP contribution in [0.2, 0.25) is 0 Å². The van der Waals surface area contributed by atoms with Gasteiger partial charge in [0, 0.05) is 5.75 Å². The summed E-state index contributed by atoms with van der Waals surface area (Å²) in [6, 6.07) is 2.20. The molecule has 1 nitrogen and oxygen atoms in total. The zero-order chi connectivity index (χ0) is 5.82. The zero-order valence-corrected chi connectivity index (χ0v) is 5.50. The summed E-state index contributed by atoms with van der Waals surface area (Å²) in [6.45, 7) is 0. The van der Waals surface area contributed by atoms with E-state index in [1.807, 2.05) is 11.8 Å². The maximum Gasteiger partial charge on any atom is 0.0858 e. The van der Waals surface area contributed by atoms with Gasteiger partial charge in [0.1, 0.15) is 0 Å². The number of thioether (sulfide) groups is 1. The van der Waals surface area contributed by atoms with Crippen LogP contribution in [0.3, 0.4) is 0 Å². The Bertz CT molecular complexity index is 99.6. The van der Waals surface area contributed by atoms with Crippen molar-refractivity contribution in [2.45, 2.75) is 12.8 Å². The van der Waals surface area contributed by atoms with Crippen LogP contribution in [0.4, 0.5) is 0 Å². The van der Waals surface area contributed by atoms with Crippen molar-refractivity contribution in [2.24, 2.45) is 0 Å². The van der Waals surface area contributed by atoms with Gasteiger partial charge in [-0.1, -0.05) is 0 Å². The van der Waals surface area contributed by atoms with Crippen LogP contribution in [-0.2, 0) is 0 Å². The lowest BCUT2D eigenvalue weighted by molar-refractivity contribution is 0.841. The fourth-order valence-corrected chi connectivity index (χ4v) is 1.69. The van der Waals surface area contributed by atoms with Crippen molar-refractivity contribution in [1.82, 2.24) is 0 Å². The minimum absolute atomic E-state index is 0.983. The van der Waals surface area contributed by atoms with Crippen molar-refractivity contribution in [3.05, 3.63) is 5.92 Å². The molecule has 0 bridgehead atoms. The first-order chi connectivity index (χ1) is 3.93. The molecule has 1 aliphatic heterocycles. The number of hydrogen-bond donors (Lipinski definition) is 0. The van der Waals surface area contributed by atoms with Gasteiger partial charge in [0.25, 0.3) is 0 Å². The van der Waals surface area contributed by atoms with Crippen LogP contribution in [0.5, 0.6) is 0 Å². The lowest BCUT2D eigenvalue weighted by atomic mass is 10.1. The Labute approximate surface area is 54.1 Å². The highest BCUT2D eigenvalue weighted by Gasteiger charge is 2.12. The Hall–Kier alpha value is -0.160. The number of hydrogen-bond acceptors (Lipinski definition) is 2. The molecule has 1 saturated heterocycles. The summed E-state index contributed by atoms with van der Waals surface area (Å²) in [5.74, 6) is 3.29. The molecule has 8 heavy (non-hydrogen) atoms. The maximum atomic E-state index is 8.39. The van der Waals surface area contributed by atoms with Crippen molar-refractivity contribution < 1.29 is 0 Å². The second kappa shape index (κ2) is 2.99. The molecule has 0 unspecified atom stereocenters. The summed E-state index contributed by atoms with van der Waals surface area (Å²) in [5.41, 5.74) is 0. The third kappa shape index (κ3) is 1.41. The Morgan fingerprint density at radius 1 is 1.62 bits per heavy atom. The van der Waals surface area contributed by atoms with Crippen LogP contribution in [0.15, 0.2) is 0 Å². The van der Waals surface area contributed by atoms with Crippen molar-refractivity contribution in [3.8, 4) is 6.07 Å². The van der Waals surface area contributed by atoms with Gasteiger partial charge in [-0.2, -0.15) is 17.0 Å². The lowest BCUT2D eigenvalue weighted by Gasteiger charge is -2.12. The minimum Gasteiger partial charge on any atom is -0.198 e. The molecule has 43 valence electrons. The molecule has 0 aromatic rings. The highest BCUT2D eigenvalue weighted by atomic mass is 32.2. The fraction of sp³-hybridized carbons (Fsp3) is 0.667. The van der Waals surface area contributed by atoms with Gasteiger partial charge in [0.2, 0.25) is 0 Å². The average molecular weight is 126 g/mol. The third-order valence-electron chi connectivity index (χ3n) is 1.20. The Morgan fingerprint density at radius 3 is 2.88 bits per heavy atom. The summed E-state index contributed by atoms with van der Waals surface area (Å²) in [4.78, 5) is 0. The standard InChI is InChI=1S/C6H8NS/c7-4-6-2-1-3-8-5-6/h1-3,5H2. The molecule has 1 fully saturated rings. The second-order valence-corrected chi connectivity index (χ2v) is 2.98. The van der Waals surface area contributed by atoms with Gasteiger partial charge in [0.15, 0.2) is 0 Å². The highest BCUT2D eigenvalue weighted by Crippen LogP contribution is 2.22. The molecule has 0 aromatic carbocycles. The topological polar surface area (TPSA) is 23.8 Å². The van der Waals surface area contributed by atoms with E-state index in [9.17, 15) is 0 Å². The normalized spacial score (nSPS) is 22.4. The first kappa shape index (κ1) is 5.97. The van der Waals surface area contributed by atoms with E-state index in [0.29, 0.717) is 0 Å². The van der Waals surface area contributed by atoms with E-state index in [1.54, 1.807) is 0 Å². The molecule has 0 aromatic heterocycles. The van der Waals surface area contributed by atoms with E-state index >= 15 is 0 Å². The third-order valence-corrected chi connectivity index (χ3v) is 2.33. The van der Waals surface area contributed by atoms with Gasteiger partial charge in [-0.05, 0) is 18.6 Å². The van der Waals surface area contributed by atoms with Crippen LogP contribution in [0, 0.1) is 17.2 Å². The summed E-state index contributed by atoms with van der Waals surface area (Å²) >= 11 is 1.87. The summed E-state index contributed by atoms with van der Waals surface area (Å²) in [7, 11) is 0. The highest BCUT2D eigenvalue weighted by molar-refractivity contribution is 7.99. The molecule has 0 N–H and O–H groups in total. The van der Waals surface area contributed by atoms with Gasteiger partial charge in [-0.15, -0.1) is 0 Å². The zero-order valence-electron chi connectivity index (χ0n) is 4.68. The number of rotatable bonds is 0. The maximum absolute atomic E-state index is 8.39. The number of nitriles is 1.